The lowest BCUT2D eigenvalue weighted by Gasteiger charge is -2.23. The maximum absolute atomic E-state index is 5.55. The van der Waals surface area contributed by atoms with Gasteiger partial charge >= 0.3 is 0 Å². The summed E-state index contributed by atoms with van der Waals surface area (Å²) < 4.78 is 5.55. The van der Waals surface area contributed by atoms with Gasteiger partial charge in [0.1, 0.15) is 0 Å². The summed E-state index contributed by atoms with van der Waals surface area (Å²) in [5.41, 5.74) is 5.38. The van der Waals surface area contributed by atoms with Crippen LogP contribution in [0, 0.1) is 6.92 Å². The summed E-state index contributed by atoms with van der Waals surface area (Å²) >= 11 is 0. The van der Waals surface area contributed by atoms with E-state index in [2.05, 4.69) is 36.6 Å². The van der Waals surface area contributed by atoms with Gasteiger partial charge in [-0.2, -0.15) is 0 Å². The van der Waals surface area contributed by atoms with Crippen LogP contribution in [0.2, 0.25) is 0 Å². The van der Waals surface area contributed by atoms with E-state index in [0.29, 0.717) is 6.61 Å². The molecule has 0 aliphatic carbocycles. The van der Waals surface area contributed by atoms with Gasteiger partial charge in [0.15, 0.2) is 0 Å². The number of hydrazine groups is 1. The zero-order chi connectivity index (χ0) is 12.0. The Bertz CT molecular complexity index is 297. The largest absolute Gasteiger partial charge is 0.377 e. The summed E-state index contributed by atoms with van der Waals surface area (Å²) in [6.45, 7) is 6.84. The van der Waals surface area contributed by atoms with E-state index >= 15 is 0 Å². The summed E-state index contributed by atoms with van der Waals surface area (Å²) in [6, 6.07) is 8.67. The number of ether oxygens (including phenoxy) is 1. The number of nitrogens with two attached hydrogens (primary N) is 1. The minimum atomic E-state index is 0.122. The third-order valence-electron chi connectivity index (χ3n) is 2.79. The van der Waals surface area contributed by atoms with Crippen molar-refractivity contribution in [1.82, 2.24) is 5.43 Å². The zero-order valence-electron chi connectivity index (χ0n) is 10.4. The van der Waals surface area contributed by atoms with E-state index in [4.69, 9.17) is 10.6 Å². The number of benzene rings is 1. The quantitative estimate of drug-likeness (QED) is 0.570. The van der Waals surface area contributed by atoms with Gasteiger partial charge in [-0.05, 0) is 32.8 Å². The van der Waals surface area contributed by atoms with E-state index < -0.39 is 0 Å². The fourth-order valence-corrected chi connectivity index (χ4v) is 1.72. The lowest BCUT2D eigenvalue weighted by Crippen LogP contribution is -2.45. The maximum atomic E-state index is 5.55. The summed E-state index contributed by atoms with van der Waals surface area (Å²) in [6.07, 6.45) is 1.01. The molecule has 16 heavy (non-hydrogen) atoms. The van der Waals surface area contributed by atoms with Gasteiger partial charge in [-0.15, -0.1) is 0 Å². The molecule has 1 rings (SSSR count). The van der Waals surface area contributed by atoms with Crippen LogP contribution in [-0.2, 0) is 11.2 Å². The first-order chi connectivity index (χ1) is 7.67. The summed E-state index contributed by atoms with van der Waals surface area (Å²) in [5.74, 6) is 5.55. The highest BCUT2D eigenvalue weighted by atomic mass is 16.5. The van der Waals surface area contributed by atoms with Gasteiger partial charge < -0.3 is 4.74 Å². The molecule has 0 bridgehead atoms. The average Bonchev–Trinajstić information content (AvgIpc) is 2.28. The second-order valence-electron chi connectivity index (χ2n) is 4.12. The Morgan fingerprint density at radius 2 is 1.94 bits per heavy atom. The van der Waals surface area contributed by atoms with Crippen molar-refractivity contribution in [1.29, 1.82) is 0 Å². The first-order valence-electron chi connectivity index (χ1n) is 5.80. The van der Waals surface area contributed by atoms with Gasteiger partial charge in [0.25, 0.3) is 0 Å². The Balaban J connectivity index is 2.59. The van der Waals surface area contributed by atoms with E-state index in [0.717, 1.165) is 6.42 Å². The Hall–Kier alpha value is -0.900. The van der Waals surface area contributed by atoms with E-state index in [9.17, 15) is 0 Å². The molecule has 0 radical (unpaired) electrons. The van der Waals surface area contributed by atoms with Gasteiger partial charge in [0.2, 0.25) is 0 Å². The second kappa shape index (κ2) is 6.63. The number of hydrogen-bond donors (Lipinski definition) is 2. The Labute approximate surface area is 98.0 Å². The van der Waals surface area contributed by atoms with Crippen LogP contribution in [-0.4, -0.2) is 18.8 Å². The maximum Gasteiger partial charge on any atom is 0.0716 e. The van der Waals surface area contributed by atoms with Crippen molar-refractivity contribution in [3.05, 3.63) is 35.4 Å². The van der Waals surface area contributed by atoms with E-state index in [1.807, 2.05) is 13.8 Å². The van der Waals surface area contributed by atoms with Crippen LogP contribution in [0.25, 0.3) is 0 Å². The van der Waals surface area contributed by atoms with Crippen molar-refractivity contribution >= 4 is 0 Å². The Morgan fingerprint density at radius 1 is 1.31 bits per heavy atom. The van der Waals surface area contributed by atoms with E-state index in [1.165, 1.54) is 11.1 Å². The standard InChI is InChI=1S/C13H22N2O/c1-4-16-11(3)13(15-14)9-12-7-5-10(2)6-8-12/h5-8,11,13,15H,4,9,14H2,1-3H3. The highest BCUT2D eigenvalue weighted by Crippen LogP contribution is 2.09. The zero-order valence-corrected chi connectivity index (χ0v) is 10.4. The van der Waals surface area contributed by atoms with E-state index in [1.54, 1.807) is 0 Å². The molecule has 0 aliphatic heterocycles. The fourth-order valence-electron chi connectivity index (χ4n) is 1.72. The molecule has 0 saturated heterocycles. The first kappa shape index (κ1) is 13.2. The highest BCUT2D eigenvalue weighted by molar-refractivity contribution is 5.22. The molecule has 0 amide bonds. The third-order valence-corrected chi connectivity index (χ3v) is 2.79. The Kier molecular flexibility index (Phi) is 5.46. The molecular formula is C13H22N2O. The van der Waals surface area contributed by atoms with Crippen molar-refractivity contribution < 1.29 is 4.74 Å². The lowest BCUT2D eigenvalue weighted by atomic mass is 10.0. The molecule has 0 fully saturated rings. The SMILES string of the molecule is CCOC(C)C(Cc1ccc(C)cc1)NN. The molecule has 0 aromatic heterocycles. The van der Waals surface area contributed by atoms with Crippen LogP contribution in [0.5, 0.6) is 0 Å². The highest BCUT2D eigenvalue weighted by Gasteiger charge is 2.16. The minimum absolute atomic E-state index is 0.122. The number of hydrogen-bond acceptors (Lipinski definition) is 3. The van der Waals surface area contributed by atoms with Gasteiger partial charge in [0, 0.05) is 6.61 Å². The molecular weight excluding hydrogens is 200 g/mol. The predicted octanol–water partition coefficient (Wildman–Crippen LogP) is 1.79. The van der Waals surface area contributed by atoms with Crippen LogP contribution in [0.15, 0.2) is 24.3 Å². The molecule has 0 heterocycles. The molecule has 0 spiro atoms. The Morgan fingerprint density at radius 3 is 2.44 bits per heavy atom. The number of nitrogens with one attached hydrogen (secondary N) is 1. The smallest absolute Gasteiger partial charge is 0.0716 e. The molecule has 2 unspecified atom stereocenters. The van der Waals surface area contributed by atoms with E-state index in [-0.39, 0.29) is 12.1 Å². The predicted molar refractivity (Wildman–Crippen MR) is 67.1 cm³/mol. The van der Waals surface area contributed by atoms with Gasteiger partial charge in [0.05, 0.1) is 12.1 Å². The number of aryl methyl sites for hydroxylation is 1. The molecule has 3 N–H and O–H groups in total. The van der Waals surface area contributed by atoms with Crippen LogP contribution in [0.1, 0.15) is 25.0 Å². The minimum Gasteiger partial charge on any atom is -0.377 e. The second-order valence-corrected chi connectivity index (χ2v) is 4.12. The van der Waals surface area contributed by atoms with Crippen LogP contribution >= 0.6 is 0 Å². The first-order valence-corrected chi connectivity index (χ1v) is 5.80. The normalized spacial score (nSPS) is 14.8. The van der Waals surface area contributed by atoms with Crippen molar-refractivity contribution in [2.24, 2.45) is 5.84 Å². The molecule has 2 atom stereocenters. The van der Waals surface area contributed by atoms with Gasteiger partial charge in [-0.3, -0.25) is 11.3 Å². The van der Waals surface area contributed by atoms with Crippen molar-refractivity contribution in [2.45, 2.75) is 39.3 Å². The monoisotopic (exact) mass is 222 g/mol. The van der Waals surface area contributed by atoms with Crippen LogP contribution in [0.3, 0.4) is 0 Å². The molecule has 3 nitrogen and oxygen atoms in total. The average molecular weight is 222 g/mol. The van der Waals surface area contributed by atoms with Gasteiger partial charge in [-0.1, -0.05) is 29.8 Å². The van der Waals surface area contributed by atoms with Crippen molar-refractivity contribution in [3.8, 4) is 0 Å². The molecule has 1 aromatic rings. The van der Waals surface area contributed by atoms with Crippen molar-refractivity contribution in [2.75, 3.05) is 6.61 Å². The topological polar surface area (TPSA) is 47.3 Å². The lowest BCUT2D eigenvalue weighted by molar-refractivity contribution is 0.0476. The van der Waals surface area contributed by atoms with Crippen LogP contribution < -0.4 is 11.3 Å². The fraction of sp³-hybridized carbons (Fsp3) is 0.538. The molecule has 3 heteroatoms. The summed E-state index contributed by atoms with van der Waals surface area (Å²) in [7, 11) is 0. The molecule has 0 saturated carbocycles. The van der Waals surface area contributed by atoms with Gasteiger partial charge in [-0.25, -0.2) is 0 Å². The molecule has 0 aliphatic rings. The molecule has 1 aromatic carbocycles. The number of rotatable bonds is 6. The summed E-state index contributed by atoms with van der Waals surface area (Å²) in [4.78, 5) is 0. The summed E-state index contributed by atoms with van der Waals surface area (Å²) in [5, 5.41) is 0. The molecule has 90 valence electrons. The van der Waals surface area contributed by atoms with Crippen LogP contribution in [0.4, 0.5) is 0 Å². The third kappa shape index (κ3) is 3.93. The van der Waals surface area contributed by atoms with Crippen molar-refractivity contribution in [3.63, 3.8) is 0 Å².